The van der Waals surface area contributed by atoms with E-state index < -0.39 is 5.60 Å². The summed E-state index contributed by atoms with van der Waals surface area (Å²) in [5.41, 5.74) is -0.425. The maximum absolute atomic E-state index is 11.5. The van der Waals surface area contributed by atoms with E-state index in [4.69, 9.17) is 4.74 Å². The van der Waals surface area contributed by atoms with Gasteiger partial charge in [0.25, 0.3) is 0 Å². The summed E-state index contributed by atoms with van der Waals surface area (Å²) in [6.07, 6.45) is 1.50. The molecule has 1 rings (SSSR count). The van der Waals surface area contributed by atoms with Crippen LogP contribution in [0.5, 0.6) is 0 Å². The van der Waals surface area contributed by atoms with Crippen molar-refractivity contribution in [3.05, 3.63) is 0 Å². The van der Waals surface area contributed by atoms with E-state index in [1.807, 2.05) is 25.7 Å². The fourth-order valence-corrected chi connectivity index (χ4v) is 1.73. The van der Waals surface area contributed by atoms with E-state index >= 15 is 0 Å². The van der Waals surface area contributed by atoms with Gasteiger partial charge in [-0.3, -0.25) is 9.69 Å². The molecule has 1 heterocycles. The fraction of sp³-hybridized carbons (Fsp3) is 0.909. The van der Waals surface area contributed by atoms with Crippen LogP contribution in [0.3, 0.4) is 0 Å². The summed E-state index contributed by atoms with van der Waals surface area (Å²) in [4.78, 5) is 13.4. The second-order valence-electron chi connectivity index (χ2n) is 5.12. The van der Waals surface area contributed by atoms with Crippen LogP contribution in [0, 0.1) is 0 Å². The van der Waals surface area contributed by atoms with Crippen LogP contribution >= 0.6 is 0 Å². The van der Waals surface area contributed by atoms with Gasteiger partial charge >= 0.3 is 5.97 Å². The van der Waals surface area contributed by atoms with Crippen molar-refractivity contribution in [1.82, 2.24) is 4.90 Å². The van der Waals surface area contributed by atoms with Crippen molar-refractivity contribution in [3.8, 4) is 0 Å². The number of hydrogen-bond donors (Lipinski definition) is 1. The number of β-amino-alcohol motifs (C(OH)–C–C–N with tert-alkyl or cyclic N) is 1. The van der Waals surface area contributed by atoms with Crippen LogP contribution in [0.4, 0.5) is 0 Å². The lowest BCUT2D eigenvalue weighted by Crippen LogP contribution is -2.42. The van der Waals surface area contributed by atoms with Gasteiger partial charge < -0.3 is 9.84 Å². The molecule has 0 spiro atoms. The summed E-state index contributed by atoms with van der Waals surface area (Å²) in [6.45, 7) is 7.31. The minimum absolute atomic E-state index is 0.211. The Labute approximate surface area is 91.2 Å². The quantitative estimate of drug-likeness (QED) is 0.692. The second kappa shape index (κ2) is 4.94. The SMILES string of the molecule is CC(C)(C)OC(=O)CN1CCC[C@H](O)C1. The van der Waals surface area contributed by atoms with Crippen LogP contribution < -0.4 is 0 Å². The third kappa shape index (κ3) is 5.14. The second-order valence-corrected chi connectivity index (χ2v) is 5.12. The van der Waals surface area contributed by atoms with E-state index in [1.165, 1.54) is 0 Å². The van der Waals surface area contributed by atoms with Gasteiger partial charge in [0, 0.05) is 6.54 Å². The number of hydrogen-bond acceptors (Lipinski definition) is 4. The predicted molar refractivity (Wildman–Crippen MR) is 57.5 cm³/mol. The van der Waals surface area contributed by atoms with E-state index in [1.54, 1.807) is 0 Å². The van der Waals surface area contributed by atoms with Gasteiger partial charge in [-0.25, -0.2) is 0 Å². The first kappa shape index (κ1) is 12.5. The molecule has 0 unspecified atom stereocenters. The normalized spacial score (nSPS) is 23.9. The molecule has 1 aliphatic heterocycles. The minimum Gasteiger partial charge on any atom is -0.459 e. The minimum atomic E-state index is -0.425. The maximum atomic E-state index is 11.5. The van der Waals surface area contributed by atoms with Gasteiger partial charge in [0.05, 0.1) is 12.6 Å². The number of esters is 1. The van der Waals surface area contributed by atoms with Crippen molar-refractivity contribution in [2.75, 3.05) is 19.6 Å². The molecule has 1 atom stereocenters. The lowest BCUT2D eigenvalue weighted by Gasteiger charge is -2.30. The Morgan fingerprint density at radius 3 is 2.73 bits per heavy atom. The molecule has 1 saturated heterocycles. The van der Waals surface area contributed by atoms with Crippen molar-refractivity contribution >= 4 is 5.97 Å². The summed E-state index contributed by atoms with van der Waals surface area (Å²) in [5, 5.41) is 9.43. The third-order valence-corrected chi connectivity index (χ3v) is 2.25. The highest BCUT2D eigenvalue weighted by Gasteiger charge is 2.22. The first-order valence-electron chi connectivity index (χ1n) is 5.49. The summed E-state index contributed by atoms with van der Waals surface area (Å²) >= 11 is 0. The van der Waals surface area contributed by atoms with Crippen molar-refractivity contribution in [2.45, 2.75) is 45.3 Å². The number of ether oxygens (including phenoxy) is 1. The molecule has 1 fully saturated rings. The molecule has 0 bridgehead atoms. The Hall–Kier alpha value is -0.610. The van der Waals surface area contributed by atoms with Gasteiger partial charge in [0.1, 0.15) is 5.60 Å². The lowest BCUT2D eigenvalue weighted by atomic mass is 10.1. The Bertz CT molecular complexity index is 222. The maximum Gasteiger partial charge on any atom is 0.320 e. The number of rotatable bonds is 2. The Kier molecular flexibility index (Phi) is 4.11. The first-order chi connectivity index (χ1) is 6.87. The zero-order valence-electron chi connectivity index (χ0n) is 9.82. The molecule has 4 heteroatoms. The molecular formula is C11H21NO3. The van der Waals surface area contributed by atoms with Gasteiger partial charge in [-0.15, -0.1) is 0 Å². The van der Waals surface area contributed by atoms with E-state index in [0.717, 1.165) is 19.4 Å². The van der Waals surface area contributed by atoms with Crippen molar-refractivity contribution in [1.29, 1.82) is 0 Å². The highest BCUT2D eigenvalue weighted by atomic mass is 16.6. The van der Waals surface area contributed by atoms with Crippen LogP contribution in [0.2, 0.25) is 0 Å². The molecule has 1 aliphatic rings. The fourth-order valence-electron chi connectivity index (χ4n) is 1.73. The first-order valence-corrected chi connectivity index (χ1v) is 5.49. The highest BCUT2D eigenvalue weighted by molar-refractivity contribution is 5.72. The summed E-state index contributed by atoms with van der Waals surface area (Å²) < 4.78 is 5.21. The van der Waals surface area contributed by atoms with Gasteiger partial charge in [-0.2, -0.15) is 0 Å². The standard InChI is InChI=1S/C11H21NO3/c1-11(2,3)15-10(14)8-12-6-4-5-9(13)7-12/h9,13H,4-8H2,1-3H3/t9-/m0/s1. The van der Waals surface area contributed by atoms with E-state index in [9.17, 15) is 9.90 Å². The Morgan fingerprint density at radius 1 is 1.53 bits per heavy atom. The number of aliphatic hydroxyl groups excluding tert-OH is 1. The number of nitrogens with zero attached hydrogens (tertiary/aromatic N) is 1. The van der Waals surface area contributed by atoms with Crippen LogP contribution in [0.1, 0.15) is 33.6 Å². The zero-order chi connectivity index (χ0) is 11.5. The molecule has 0 aromatic carbocycles. The molecule has 0 aliphatic carbocycles. The predicted octanol–water partition coefficient (Wildman–Crippen LogP) is 0.785. The number of carbonyl (C=O) groups excluding carboxylic acids is 1. The average Bonchev–Trinajstić information content (AvgIpc) is 1.99. The van der Waals surface area contributed by atoms with Gasteiger partial charge in [0.2, 0.25) is 0 Å². The van der Waals surface area contributed by atoms with Crippen molar-refractivity contribution in [2.24, 2.45) is 0 Å². The molecule has 0 aromatic heterocycles. The number of likely N-dealkylation sites (tertiary alicyclic amines) is 1. The van der Waals surface area contributed by atoms with Crippen LogP contribution in [0.15, 0.2) is 0 Å². The summed E-state index contributed by atoms with van der Waals surface area (Å²) in [6, 6.07) is 0. The average molecular weight is 215 g/mol. The smallest absolute Gasteiger partial charge is 0.320 e. The van der Waals surface area contributed by atoms with E-state index in [0.29, 0.717) is 6.54 Å². The zero-order valence-corrected chi connectivity index (χ0v) is 9.82. The number of piperidine rings is 1. The molecule has 4 nitrogen and oxygen atoms in total. The Balaban J connectivity index is 2.31. The molecule has 0 saturated carbocycles. The molecule has 0 radical (unpaired) electrons. The largest absolute Gasteiger partial charge is 0.459 e. The monoisotopic (exact) mass is 215 g/mol. The molecule has 0 aromatic rings. The Morgan fingerprint density at radius 2 is 2.20 bits per heavy atom. The highest BCUT2D eigenvalue weighted by Crippen LogP contribution is 2.11. The molecule has 15 heavy (non-hydrogen) atoms. The van der Waals surface area contributed by atoms with E-state index in [-0.39, 0.29) is 18.6 Å². The number of carbonyl (C=O) groups is 1. The third-order valence-electron chi connectivity index (χ3n) is 2.25. The van der Waals surface area contributed by atoms with E-state index in [2.05, 4.69) is 0 Å². The van der Waals surface area contributed by atoms with Crippen LogP contribution in [-0.4, -0.2) is 47.3 Å². The van der Waals surface area contributed by atoms with Gasteiger partial charge in [-0.1, -0.05) is 0 Å². The van der Waals surface area contributed by atoms with Gasteiger partial charge in [0.15, 0.2) is 0 Å². The molecule has 0 amide bonds. The van der Waals surface area contributed by atoms with Crippen molar-refractivity contribution in [3.63, 3.8) is 0 Å². The summed E-state index contributed by atoms with van der Waals surface area (Å²) in [7, 11) is 0. The van der Waals surface area contributed by atoms with Crippen LogP contribution in [-0.2, 0) is 9.53 Å². The van der Waals surface area contributed by atoms with Crippen molar-refractivity contribution < 1.29 is 14.6 Å². The number of aliphatic hydroxyl groups is 1. The lowest BCUT2D eigenvalue weighted by molar-refractivity contribution is -0.156. The summed E-state index contributed by atoms with van der Waals surface area (Å²) in [5.74, 6) is -0.211. The molecule has 88 valence electrons. The topological polar surface area (TPSA) is 49.8 Å². The molecular weight excluding hydrogens is 194 g/mol. The molecule has 1 N–H and O–H groups in total. The van der Waals surface area contributed by atoms with Crippen LogP contribution in [0.25, 0.3) is 0 Å². The van der Waals surface area contributed by atoms with Gasteiger partial charge in [-0.05, 0) is 40.2 Å².